The first-order chi connectivity index (χ1) is 10.2. The molecule has 0 aromatic carbocycles. The predicted octanol–water partition coefficient (Wildman–Crippen LogP) is 0.881. The van der Waals surface area contributed by atoms with E-state index in [1.165, 1.54) is 19.3 Å². The Labute approximate surface area is 125 Å². The van der Waals surface area contributed by atoms with Crippen LogP contribution in [0.4, 0.5) is 4.79 Å². The first-order valence-corrected chi connectivity index (χ1v) is 7.65. The Balaban J connectivity index is 1.76. The summed E-state index contributed by atoms with van der Waals surface area (Å²) in [5.74, 6) is 2.05. The number of urea groups is 1. The highest BCUT2D eigenvalue weighted by atomic mass is 16.5. The van der Waals surface area contributed by atoms with Gasteiger partial charge in [-0.3, -0.25) is 0 Å². The van der Waals surface area contributed by atoms with E-state index in [0.717, 1.165) is 24.6 Å². The minimum absolute atomic E-state index is 0.000589. The number of carbonyl (C=O) groups is 1. The van der Waals surface area contributed by atoms with Crippen LogP contribution in [0.5, 0.6) is 0 Å². The van der Waals surface area contributed by atoms with E-state index in [2.05, 4.69) is 25.4 Å². The molecule has 2 rings (SSSR count). The van der Waals surface area contributed by atoms with Crippen LogP contribution in [-0.2, 0) is 24.1 Å². The van der Waals surface area contributed by atoms with E-state index in [1.807, 2.05) is 6.92 Å². The van der Waals surface area contributed by atoms with Gasteiger partial charge in [0.1, 0.15) is 11.6 Å². The number of nitrogens with zero attached hydrogens (tertiary/aromatic N) is 3. The van der Waals surface area contributed by atoms with Crippen molar-refractivity contribution in [3.8, 4) is 0 Å². The van der Waals surface area contributed by atoms with Gasteiger partial charge in [-0.05, 0) is 19.8 Å². The summed E-state index contributed by atoms with van der Waals surface area (Å²) in [5, 5.41) is 14.2. The van der Waals surface area contributed by atoms with Crippen molar-refractivity contribution < 1.29 is 9.53 Å². The third kappa shape index (κ3) is 4.70. The number of aryl methyl sites for hydroxylation is 1. The Bertz CT molecular complexity index is 460. The second-order valence-corrected chi connectivity index (χ2v) is 5.50. The third-order valence-corrected chi connectivity index (χ3v) is 3.61. The molecule has 0 saturated carbocycles. The van der Waals surface area contributed by atoms with Crippen LogP contribution >= 0.6 is 0 Å². The molecule has 2 heterocycles. The number of nitrogens with one attached hydrogen (secondary N) is 2. The number of amides is 2. The summed E-state index contributed by atoms with van der Waals surface area (Å²) in [6.45, 7) is 3.96. The summed E-state index contributed by atoms with van der Waals surface area (Å²) in [6, 6.07) is -0.172. The van der Waals surface area contributed by atoms with E-state index in [9.17, 15) is 4.79 Å². The Hall–Kier alpha value is -1.63. The molecule has 0 saturated heterocycles. The van der Waals surface area contributed by atoms with Gasteiger partial charge in [0.15, 0.2) is 0 Å². The van der Waals surface area contributed by atoms with Crippen LogP contribution in [0.25, 0.3) is 0 Å². The molecule has 7 heteroatoms. The van der Waals surface area contributed by atoms with Gasteiger partial charge < -0.3 is 19.9 Å². The normalized spacial score (nSPS) is 15.9. The van der Waals surface area contributed by atoms with E-state index >= 15 is 0 Å². The monoisotopic (exact) mass is 295 g/mol. The van der Waals surface area contributed by atoms with E-state index in [0.29, 0.717) is 19.6 Å². The number of carbonyl (C=O) groups excluding carboxylic acids is 1. The largest absolute Gasteiger partial charge is 0.383 e. The number of hydrogen-bond donors (Lipinski definition) is 2. The van der Waals surface area contributed by atoms with Crippen LogP contribution in [0.2, 0.25) is 0 Å². The van der Waals surface area contributed by atoms with Crippen molar-refractivity contribution in [2.75, 3.05) is 20.3 Å². The van der Waals surface area contributed by atoms with Crippen molar-refractivity contribution in [1.82, 2.24) is 25.4 Å². The molecule has 7 nitrogen and oxygen atoms in total. The fraction of sp³-hybridized carbons (Fsp3) is 0.786. The number of hydrogen-bond acceptors (Lipinski definition) is 4. The molecule has 21 heavy (non-hydrogen) atoms. The minimum Gasteiger partial charge on any atom is -0.383 e. The number of methoxy groups -OCH3 is 1. The van der Waals surface area contributed by atoms with Gasteiger partial charge in [-0.2, -0.15) is 0 Å². The van der Waals surface area contributed by atoms with E-state index in [4.69, 9.17) is 4.74 Å². The summed E-state index contributed by atoms with van der Waals surface area (Å²) in [5.41, 5.74) is 0. The predicted molar refractivity (Wildman–Crippen MR) is 79.2 cm³/mol. The molecule has 0 fully saturated rings. The Morgan fingerprint density at radius 2 is 2.24 bits per heavy atom. The standard InChI is InChI=1S/C14H25N5O2/c1-11(10-21-2)16-14(20)15-8-7-13-18-17-12-6-4-3-5-9-19(12)13/h11H,3-10H2,1-2H3,(H2,15,16,20). The van der Waals surface area contributed by atoms with Gasteiger partial charge in [0.2, 0.25) is 0 Å². The van der Waals surface area contributed by atoms with Crippen molar-refractivity contribution in [3.63, 3.8) is 0 Å². The highest BCUT2D eigenvalue weighted by Crippen LogP contribution is 2.14. The van der Waals surface area contributed by atoms with E-state index in [-0.39, 0.29) is 12.1 Å². The van der Waals surface area contributed by atoms with Crippen molar-refractivity contribution in [2.24, 2.45) is 0 Å². The Kier molecular flexibility index (Phi) is 5.98. The van der Waals surface area contributed by atoms with Crippen LogP contribution in [0.3, 0.4) is 0 Å². The molecule has 1 aliphatic rings. The summed E-state index contributed by atoms with van der Waals surface area (Å²) in [4.78, 5) is 11.7. The van der Waals surface area contributed by atoms with Crippen LogP contribution in [-0.4, -0.2) is 47.1 Å². The van der Waals surface area contributed by atoms with Gasteiger partial charge in [0, 0.05) is 33.0 Å². The zero-order valence-electron chi connectivity index (χ0n) is 12.9. The first kappa shape index (κ1) is 15.8. The molecule has 0 spiro atoms. The van der Waals surface area contributed by atoms with Gasteiger partial charge in [0.05, 0.1) is 12.6 Å². The maximum absolute atomic E-state index is 11.7. The molecule has 1 aliphatic heterocycles. The molecule has 118 valence electrons. The van der Waals surface area contributed by atoms with Gasteiger partial charge in [0.25, 0.3) is 0 Å². The lowest BCUT2D eigenvalue weighted by molar-refractivity contribution is 0.171. The smallest absolute Gasteiger partial charge is 0.315 e. The lowest BCUT2D eigenvalue weighted by Crippen LogP contribution is -2.43. The minimum atomic E-state index is -0.171. The molecule has 2 N–H and O–H groups in total. The lowest BCUT2D eigenvalue weighted by Gasteiger charge is -2.13. The summed E-state index contributed by atoms with van der Waals surface area (Å²) in [7, 11) is 1.62. The van der Waals surface area contributed by atoms with Gasteiger partial charge >= 0.3 is 6.03 Å². The van der Waals surface area contributed by atoms with Gasteiger partial charge in [-0.1, -0.05) is 6.42 Å². The maximum atomic E-state index is 11.7. The average Bonchev–Trinajstić information content (AvgIpc) is 2.68. The van der Waals surface area contributed by atoms with Crippen molar-refractivity contribution in [2.45, 2.75) is 51.6 Å². The Morgan fingerprint density at radius 3 is 3.05 bits per heavy atom. The zero-order valence-corrected chi connectivity index (χ0v) is 12.9. The van der Waals surface area contributed by atoms with Crippen molar-refractivity contribution >= 4 is 6.03 Å². The van der Waals surface area contributed by atoms with E-state index < -0.39 is 0 Å². The first-order valence-electron chi connectivity index (χ1n) is 7.65. The number of ether oxygens (including phenoxy) is 1. The highest BCUT2D eigenvalue weighted by Gasteiger charge is 2.14. The summed E-state index contributed by atoms with van der Waals surface area (Å²) < 4.78 is 7.19. The van der Waals surface area contributed by atoms with Crippen LogP contribution < -0.4 is 10.6 Å². The second kappa shape index (κ2) is 7.97. The van der Waals surface area contributed by atoms with Crippen LogP contribution in [0, 0.1) is 0 Å². The highest BCUT2D eigenvalue weighted by molar-refractivity contribution is 5.74. The van der Waals surface area contributed by atoms with Crippen LogP contribution in [0.1, 0.15) is 37.8 Å². The van der Waals surface area contributed by atoms with Crippen molar-refractivity contribution in [3.05, 3.63) is 11.6 Å². The Morgan fingerprint density at radius 1 is 1.38 bits per heavy atom. The molecule has 1 atom stereocenters. The fourth-order valence-electron chi connectivity index (χ4n) is 2.58. The lowest BCUT2D eigenvalue weighted by atomic mass is 10.2. The SMILES string of the molecule is COCC(C)NC(=O)NCCc1nnc2n1CCCCC2. The third-order valence-electron chi connectivity index (χ3n) is 3.61. The zero-order chi connectivity index (χ0) is 15.1. The maximum Gasteiger partial charge on any atom is 0.315 e. The topological polar surface area (TPSA) is 81.1 Å². The summed E-state index contributed by atoms with van der Waals surface area (Å²) >= 11 is 0. The second-order valence-electron chi connectivity index (χ2n) is 5.50. The molecule has 1 aromatic heterocycles. The van der Waals surface area contributed by atoms with Crippen molar-refractivity contribution in [1.29, 1.82) is 0 Å². The molecular weight excluding hydrogens is 270 g/mol. The molecule has 0 radical (unpaired) electrons. The molecule has 2 amide bonds. The quantitative estimate of drug-likeness (QED) is 0.816. The van der Waals surface area contributed by atoms with Gasteiger partial charge in [-0.25, -0.2) is 4.79 Å². The fourth-order valence-corrected chi connectivity index (χ4v) is 2.58. The number of fused-ring (bicyclic) bond motifs is 1. The van der Waals surface area contributed by atoms with Crippen LogP contribution in [0.15, 0.2) is 0 Å². The molecule has 0 aliphatic carbocycles. The summed E-state index contributed by atoms with van der Waals surface area (Å²) in [6.07, 6.45) is 5.34. The van der Waals surface area contributed by atoms with Gasteiger partial charge in [-0.15, -0.1) is 10.2 Å². The number of rotatable bonds is 6. The van der Waals surface area contributed by atoms with E-state index in [1.54, 1.807) is 7.11 Å². The average molecular weight is 295 g/mol. The molecular formula is C14H25N5O2. The molecule has 1 unspecified atom stereocenters. The molecule has 0 bridgehead atoms. The molecule has 1 aromatic rings. The number of aromatic nitrogens is 3.